The van der Waals surface area contributed by atoms with Crippen molar-refractivity contribution in [2.75, 3.05) is 13.6 Å². The van der Waals surface area contributed by atoms with E-state index in [2.05, 4.69) is 5.10 Å². The molecule has 3 aromatic rings. The second-order valence-electron chi connectivity index (χ2n) is 7.72. The van der Waals surface area contributed by atoms with Crippen LogP contribution in [0.15, 0.2) is 53.1 Å². The Morgan fingerprint density at radius 1 is 1.17 bits per heavy atom. The van der Waals surface area contributed by atoms with Crippen LogP contribution in [-0.2, 0) is 11.3 Å². The molecule has 3 heterocycles. The van der Waals surface area contributed by atoms with Crippen molar-refractivity contribution in [2.24, 2.45) is 0 Å². The summed E-state index contributed by atoms with van der Waals surface area (Å²) in [5.74, 6) is -0.0136. The SMILES string of the molecule is Cc1nn(-c2ccccc2)c(C)c1CN(C)C(=O)[C@@H]1CCCN1C(=O)c1ccco1. The summed E-state index contributed by atoms with van der Waals surface area (Å²) in [7, 11) is 1.79. The lowest BCUT2D eigenvalue weighted by Gasteiger charge is -2.27. The molecular weight excluding hydrogens is 380 g/mol. The number of furan rings is 1. The predicted molar refractivity (Wildman–Crippen MR) is 112 cm³/mol. The quantitative estimate of drug-likeness (QED) is 0.652. The van der Waals surface area contributed by atoms with Crippen molar-refractivity contribution in [3.8, 4) is 5.69 Å². The van der Waals surface area contributed by atoms with Gasteiger partial charge in [0.2, 0.25) is 5.91 Å². The molecule has 0 aliphatic carbocycles. The zero-order chi connectivity index (χ0) is 21.3. The van der Waals surface area contributed by atoms with E-state index in [4.69, 9.17) is 4.42 Å². The topological polar surface area (TPSA) is 71.6 Å². The fourth-order valence-electron chi connectivity index (χ4n) is 4.10. The number of hydrogen-bond donors (Lipinski definition) is 0. The molecule has 2 aromatic heterocycles. The third-order valence-corrected chi connectivity index (χ3v) is 5.74. The number of carbonyl (C=O) groups excluding carboxylic acids is 2. The van der Waals surface area contributed by atoms with E-state index in [1.54, 1.807) is 29.0 Å². The number of likely N-dealkylation sites (tertiary alicyclic amines) is 1. The highest BCUT2D eigenvalue weighted by molar-refractivity contribution is 5.95. The molecule has 0 bridgehead atoms. The Hall–Kier alpha value is -3.35. The van der Waals surface area contributed by atoms with Crippen molar-refractivity contribution in [1.29, 1.82) is 0 Å². The zero-order valence-electron chi connectivity index (χ0n) is 17.5. The second-order valence-corrected chi connectivity index (χ2v) is 7.72. The summed E-state index contributed by atoms with van der Waals surface area (Å²) in [4.78, 5) is 29.3. The van der Waals surface area contributed by atoms with Crippen molar-refractivity contribution in [3.63, 3.8) is 0 Å². The van der Waals surface area contributed by atoms with Crippen LogP contribution in [0.1, 0.15) is 40.3 Å². The van der Waals surface area contributed by atoms with Crippen LogP contribution in [0.2, 0.25) is 0 Å². The van der Waals surface area contributed by atoms with Crippen LogP contribution in [-0.4, -0.2) is 51.0 Å². The molecule has 1 aliphatic rings. The third-order valence-electron chi connectivity index (χ3n) is 5.74. The summed E-state index contributed by atoms with van der Waals surface area (Å²) in [6.07, 6.45) is 2.94. The van der Waals surface area contributed by atoms with Gasteiger partial charge in [0.25, 0.3) is 5.91 Å². The van der Waals surface area contributed by atoms with Gasteiger partial charge in [0.1, 0.15) is 6.04 Å². The van der Waals surface area contributed by atoms with Gasteiger partial charge < -0.3 is 14.2 Å². The van der Waals surface area contributed by atoms with Gasteiger partial charge in [-0.15, -0.1) is 0 Å². The fraction of sp³-hybridized carbons (Fsp3) is 0.348. The first-order valence-corrected chi connectivity index (χ1v) is 10.2. The Bertz CT molecular complexity index is 1040. The van der Waals surface area contributed by atoms with E-state index in [-0.39, 0.29) is 17.6 Å². The maximum Gasteiger partial charge on any atom is 0.290 e. The molecule has 1 aliphatic heterocycles. The molecule has 7 nitrogen and oxygen atoms in total. The van der Waals surface area contributed by atoms with Crippen molar-refractivity contribution in [1.82, 2.24) is 19.6 Å². The highest BCUT2D eigenvalue weighted by atomic mass is 16.3. The molecule has 0 radical (unpaired) electrons. The molecule has 0 unspecified atom stereocenters. The molecule has 1 fully saturated rings. The zero-order valence-corrected chi connectivity index (χ0v) is 17.5. The number of hydrogen-bond acceptors (Lipinski definition) is 4. The first-order valence-electron chi connectivity index (χ1n) is 10.2. The van der Waals surface area contributed by atoms with Crippen molar-refractivity contribution < 1.29 is 14.0 Å². The molecule has 4 rings (SSSR count). The highest BCUT2D eigenvalue weighted by Crippen LogP contribution is 2.24. The highest BCUT2D eigenvalue weighted by Gasteiger charge is 2.37. The Labute approximate surface area is 175 Å². The molecule has 1 saturated heterocycles. The number of likely N-dealkylation sites (N-methyl/N-ethyl adjacent to an activating group) is 1. The number of amides is 2. The maximum atomic E-state index is 13.2. The van der Waals surface area contributed by atoms with E-state index in [1.165, 1.54) is 6.26 Å². The average Bonchev–Trinajstić information content (AvgIpc) is 3.51. The molecule has 7 heteroatoms. The maximum absolute atomic E-state index is 13.2. The number of rotatable bonds is 5. The molecule has 0 spiro atoms. The molecular formula is C23H26N4O3. The number of benzene rings is 1. The van der Waals surface area contributed by atoms with Crippen LogP contribution in [0.25, 0.3) is 5.69 Å². The first-order chi connectivity index (χ1) is 14.5. The monoisotopic (exact) mass is 406 g/mol. The van der Waals surface area contributed by atoms with Crippen LogP contribution in [0.4, 0.5) is 0 Å². The van der Waals surface area contributed by atoms with Crippen LogP contribution >= 0.6 is 0 Å². The van der Waals surface area contributed by atoms with Crippen LogP contribution in [0.5, 0.6) is 0 Å². The van der Waals surface area contributed by atoms with Crippen molar-refractivity contribution in [2.45, 2.75) is 39.3 Å². The van der Waals surface area contributed by atoms with Crippen LogP contribution in [0.3, 0.4) is 0 Å². The Kier molecular flexibility index (Phi) is 5.44. The summed E-state index contributed by atoms with van der Waals surface area (Å²) in [5, 5.41) is 4.67. The summed E-state index contributed by atoms with van der Waals surface area (Å²) in [6, 6.07) is 12.8. The average molecular weight is 406 g/mol. The van der Waals surface area contributed by atoms with Crippen molar-refractivity contribution >= 4 is 11.8 Å². The lowest BCUT2D eigenvalue weighted by molar-refractivity contribution is -0.134. The summed E-state index contributed by atoms with van der Waals surface area (Å²) >= 11 is 0. The first kappa shape index (κ1) is 19.9. The predicted octanol–water partition coefficient (Wildman–Crippen LogP) is 3.35. The number of aryl methyl sites for hydroxylation is 1. The van der Waals surface area contributed by atoms with Gasteiger partial charge in [-0.3, -0.25) is 9.59 Å². The minimum atomic E-state index is -0.461. The number of nitrogens with zero attached hydrogens (tertiary/aromatic N) is 4. The second kappa shape index (κ2) is 8.18. The summed E-state index contributed by atoms with van der Waals surface area (Å²) in [6.45, 7) is 4.99. The number of aromatic nitrogens is 2. The van der Waals surface area contributed by atoms with E-state index in [0.717, 1.165) is 29.1 Å². The lowest BCUT2D eigenvalue weighted by atomic mass is 10.1. The molecule has 0 saturated carbocycles. The van der Waals surface area contributed by atoms with E-state index in [0.29, 0.717) is 19.5 Å². The standard InChI is InChI=1S/C23H26N4O3/c1-16-19(17(2)27(24-16)18-9-5-4-6-10-18)15-25(3)22(28)20-11-7-13-26(20)23(29)21-12-8-14-30-21/h4-6,8-10,12,14,20H,7,11,13,15H2,1-3H3/t20-/m0/s1. The minimum absolute atomic E-state index is 0.0568. The van der Waals surface area contributed by atoms with Gasteiger partial charge in [0.05, 0.1) is 17.6 Å². The fourth-order valence-corrected chi connectivity index (χ4v) is 4.10. The number of carbonyl (C=O) groups is 2. The van der Waals surface area contributed by atoms with E-state index in [1.807, 2.05) is 48.9 Å². The van der Waals surface area contributed by atoms with Gasteiger partial charge >= 0.3 is 0 Å². The molecule has 1 atom stereocenters. The molecule has 156 valence electrons. The van der Waals surface area contributed by atoms with E-state index < -0.39 is 6.04 Å². The third kappa shape index (κ3) is 3.63. The molecule has 1 aromatic carbocycles. The van der Waals surface area contributed by atoms with E-state index >= 15 is 0 Å². The summed E-state index contributed by atoms with van der Waals surface area (Å²) in [5.41, 5.74) is 3.92. The van der Waals surface area contributed by atoms with Gasteiger partial charge in [-0.05, 0) is 51.0 Å². The number of para-hydroxylation sites is 1. The van der Waals surface area contributed by atoms with Gasteiger partial charge in [-0.2, -0.15) is 5.10 Å². The van der Waals surface area contributed by atoms with Gasteiger partial charge in [-0.25, -0.2) is 4.68 Å². The van der Waals surface area contributed by atoms with Crippen LogP contribution in [0, 0.1) is 13.8 Å². The minimum Gasteiger partial charge on any atom is -0.459 e. The molecule has 30 heavy (non-hydrogen) atoms. The van der Waals surface area contributed by atoms with E-state index in [9.17, 15) is 9.59 Å². The smallest absolute Gasteiger partial charge is 0.290 e. The molecule has 2 amide bonds. The Morgan fingerprint density at radius 2 is 1.93 bits per heavy atom. The Morgan fingerprint density at radius 3 is 2.63 bits per heavy atom. The normalized spacial score (nSPS) is 16.1. The Balaban J connectivity index is 1.51. The van der Waals surface area contributed by atoms with Crippen molar-refractivity contribution in [3.05, 3.63) is 71.4 Å². The van der Waals surface area contributed by atoms with Gasteiger partial charge in [0, 0.05) is 31.4 Å². The molecule has 0 N–H and O–H groups in total. The van der Waals surface area contributed by atoms with Gasteiger partial charge in [0.15, 0.2) is 5.76 Å². The van der Waals surface area contributed by atoms with Crippen LogP contribution < -0.4 is 0 Å². The largest absolute Gasteiger partial charge is 0.459 e. The lowest BCUT2D eigenvalue weighted by Crippen LogP contribution is -2.46. The summed E-state index contributed by atoms with van der Waals surface area (Å²) < 4.78 is 7.15. The van der Waals surface area contributed by atoms with Gasteiger partial charge in [-0.1, -0.05) is 18.2 Å².